The maximum Gasteiger partial charge on any atom is 0.344 e. The SMILES string of the molecule is O=c1oc(-c2ccc3c(c2)OCO3)cc(-c2ccccc2)c1-c1ccccc1. The van der Waals surface area contributed by atoms with Gasteiger partial charge in [0.2, 0.25) is 6.79 Å². The summed E-state index contributed by atoms with van der Waals surface area (Å²) in [5, 5.41) is 0. The molecule has 1 aliphatic heterocycles. The third kappa shape index (κ3) is 2.85. The van der Waals surface area contributed by atoms with Crippen LogP contribution in [0.3, 0.4) is 0 Å². The average Bonchev–Trinajstić information content (AvgIpc) is 3.22. The van der Waals surface area contributed by atoms with Crippen molar-refractivity contribution in [2.75, 3.05) is 6.79 Å². The lowest BCUT2D eigenvalue weighted by Gasteiger charge is -2.11. The molecular weight excluding hydrogens is 352 g/mol. The summed E-state index contributed by atoms with van der Waals surface area (Å²) >= 11 is 0. The van der Waals surface area contributed by atoms with Crippen molar-refractivity contribution in [3.05, 3.63) is 95.3 Å². The van der Waals surface area contributed by atoms with Gasteiger partial charge < -0.3 is 13.9 Å². The molecule has 0 saturated carbocycles. The van der Waals surface area contributed by atoms with Crippen molar-refractivity contribution < 1.29 is 13.9 Å². The van der Waals surface area contributed by atoms with E-state index in [1.54, 1.807) is 0 Å². The highest BCUT2D eigenvalue weighted by atomic mass is 16.7. The molecule has 1 aromatic heterocycles. The fraction of sp³-hybridized carbons (Fsp3) is 0.0417. The molecule has 5 rings (SSSR count). The van der Waals surface area contributed by atoms with Crippen molar-refractivity contribution >= 4 is 0 Å². The highest BCUT2D eigenvalue weighted by Gasteiger charge is 2.19. The van der Waals surface area contributed by atoms with Gasteiger partial charge in [0.25, 0.3) is 0 Å². The Labute approximate surface area is 161 Å². The van der Waals surface area contributed by atoms with Gasteiger partial charge in [-0.3, -0.25) is 0 Å². The Morgan fingerprint density at radius 1 is 0.643 bits per heavy atom. The molecule has 0 unspecified atom stereocenters. The molecule has 4 nitrogen and oxygen atoms in total. The molecule has 2 heterocycles. The Morgan fingerprint density at radius 3 is 2.07 bits per heavy atom. The van der Waals surface area contributed by atoms with E-state index in [0.717, 1.165) is 22.3 Å². The first-order chi connectivity index (χ1) is 13.8. The molecule has 0 atom stereocenters. The Balaban J connectivity index is 1.73. The van der Waals surface area contributed by atoms with Crippen LogP contribution in [-0.4, -0.2) is 6.79 Å². The quantitative estimate of drug-likeness (QED) is 0.488. The van der Waals surface area contributed by atoms with Gasteiger partial charge in [0.1, 0.15) is 5.76 Å². The summed E-state index contributed by atoms with van der Waals surface area (Å²) in [5.74, 6) is 1.82. The molecule has 0 spiro atoms. The molecular formula is C24H16O4. The first-order valence-corrected chi connectivity index (χ1v) is 8.98. The molecule has 28 heavy (non-hydrogen) atoms. The molecule has 0 N–H and O–H groups in total. The van der Waals surface area contributed by atoms with Crippen LogP contribution in [0.1, 0.15) is 0 Å². The molecule has 0 bridgehead atoms. The van der Waals surface area contributed by atoms with E-state index in [0.29, 0.717) is 22.8 Å². The van der Waals surface area contributed by atoms with Crippen LogP contribution in [0.15, 0.2) is 94.1 Å². The second kappa shape index (κ2) is 6.74. The fourth-order valence-electron chi connectivity index (χ4n) is 3.41. The molecule has 1 aliphatic rings. The lowest BCUT2D eigenvalue weighted by molar-refractivity contribution is 0.174. The predicted octanol–water partition coefficient (Wildman–Crippen LogP) is 5.37. The van der Waals surface area contributed by atoms with Gasteiger partial charge in [-0.15, -0.1) is 0 Å². The van der Waals surface area contributed by atoms with E-state index >= 15 is 0 Å². The van der Waals surface area contributed by atoms with Crippen LogP contribution in [0.5, 0.6) is 11.5 Å². The molecule has 4 heteroatoms. The summed E-state index contributed by atoms with van der Waals surface area (Å²) in [7, 11) is 0. The molecule has 0 fully saturated rings. The van der Waals surface area contributed by atoms with E-state index in [2.05, 4.69) is 0 Å². The van der Waals surface area contributed by atoms with Crippen molar-refractivity contribution in [1.29, 1.82) is 0 Å². The van der Waals surface area contributed by atoms with Gasteiger partial charge in [-0.05, 0) is 35.4 Å². The number of fused-ring (bicyclic) bond motifs is 1. The molecule has 136 valence electrons. The van der Waals surface area contributed by atoms with Crippen LogP contribution in [0.25, 0.3) is 33.6 Å². The summed E-state index contributed by atoms with van der Waals surface area (Å²) in [6, 6.07) is 26.9. The molecule has 0 aliphatic carbocycles. The van der Waals surface area contributed by atoms with Crippen LogP contribution < -0.4 is 15.1 Å². The summed E-state index contributed by atoms with van der Waals surface area (Å²) < 4.78 is 16.5. The lowest BCUT2D eigenvalue weighted by Crippen LogP contribution is -2.06. The number of benzene rings is 3. The maximum atomic E-state index is 13.0. The van der Waals surface area contributed by atoms with Gasteiger partial charge in [-0.2, -0.15) is 0 Å². The number of ether oxygens (including phenoxy) is 2. The van der Waals surface area contributed by atoms with Crippen LogP contribution in [0, 0.1) is 0 Å². The summed E-state index contributed by atoms with van der Waals surface area (Å²) in [4.78, 5) is 13.0. The van der Waals surface area contributed by atoms with Gasteiger partial charge in [0, 0.05) is 11.1 Å². The van der Waals surface area contributed by atoms with Crippen molar-refractivity contribution in [1.82, 2.24) is 0 Å². The number of hydrogen-bond acceptors (Lipinski definition) is 4. The van der Waals surface area contributed by atoms with Crippen LogP contribution in [0.4, 0.5) is 0 Å². The third-order valence-electron chi connectivity index (χ3n) is 4.76. The zero-order valence-electron chi connectivity index (χ0n) is 14.9. The molecule has 0 saturated heterocycles. The highest BCUT2D eigenvalue weighted by Crippen LogP contribution is 2.38. The van der Waals surface area contributed by atoms with Crippen molar-refractivity contribution in [3.8, 4) is 45.1 Å². The van der Waals surface area contributed by atoms with Crippen molar-refractivity contribution in [2.45, 2.75) is 0 Å². The molecule has 3 aromatic carbocycles. The minimum absolute atomic E-state index is 0.199. The van der Waals surface area contributed by atoms with Crippen LogP contribution in [0.2, 0.25) is 0 Å². The summed E-state index contributed by atoms with van der Waals surface area (Å²) in [6.07, 6.45) is 0. The Bertz CT molecular complexity index is 1190. The topological polar surface area (TPSA) is 48.7 Å². The monoisotopic (exact) mass is 368 g/mol. The second-order valence-electron chi connectivity index (χ2n) is 6.49. The van der Waals surface area contributed by atoms with Gasteiger partial charge in [-0.25, -0.2) is 4.79 Å². The number of rotatable bonds is 3. The van der Waals surface area contributed by atoms with Gasteiger partial charge in [0.05, 0.1) is 5.56 Å². The standard InChI is InChI=1S/C24H16O4/c25-24-23(17-9-5-2-6-10-17)19(16-7-3-1-4-8-16)14-21(28-24)18-11-12-20-22(13-18)27-15-26-20/h1-14H,15H2. The van der Waals surface area contributed by atoms with Crippen molar-refractivity contribution in [3.63, 3.8) is 0 Å². The Kier molecular flexibility index (Phi) is 3.95. The largest absolute Gasteiger partial charge is 0.454 e. The Hall–Kier alpha value is -3.79. The minimum Gasteiger partial charge on any atom is -0.454 e. The Morgan fingerprint density at radius 2 is 1.32 bits per heavy atom. The van der Waals surface area contributed by atoms with Gasteiger partial charge >= 0.3 is 5.63 Å². The first-order valence-electron chi connectivity index (χ1n) is 8.98. The molecule has 4 aromatic rings. The summed E-state index contributed by atoms with van der Waals surface area (Å²) in [6.45, 7) is 0.199. The van der Waals surface area contributed by atoms with E-state index in [1.807, 2.05) is 84.9 Å². The number of hydrogen-bond donors (Lipinski definition) is 0. The highest BCUT2D eigenvalue weighted by molar-refractivity contribution is 5.84. The third-order valence-corrected chi connectivity index (χ3v) is 4.76. The second-order valence-corrected chi connectivity index (χ2v) is 6.49. The summed E-state index contributed by atoms with van der Waals surface area (Å²) in [5.41, 5.74) is 3.55. The van der Waals surface area contributed by atoms with E-state index < -0.39 is 0 Å². The zero-order chi connectivity index (χ0) is 18.9. The first kappa shape index (κ1) is 16.4. The van der Waals surface area contributed by atoms with Crippen LogP contribution >= 0.6 is 0 Å². The normalized spacial score (nSPS) is 12.1. The van der Waals surface area contributed by atoms with Gasteiger partial charge in [-0.1, -0.05) is 60.7 Å². The molecule has 0 radical (unpaired) electrons. The minimum atomic E-state index is -0.375. The fourth-order valence-corrected chi connectivity index (χ4v) is 3.41. The van der Waals surface area contributed by atoms with Crippen LogP contribution in [-0.2, 0) is 0 Å². The van der Waals surface area contributed by atoms with E-state index in [-0.39, 0.29) is 12.4 Å². The maximum absolute atomic E-state index is 13.0. The zero-order valence-corrected chi connectivity index (χ0v) is 14.9. The van der Waals surface area contributed by atoms with E-state index in [1.165, 1.54) is 0 Å². The van der Waals surface area contributed by atoms with E-state index in [4.69, 9.17) is 13.9 Å². The lowest BCUT2D eigenvalue weighted by atomic mass is 9.95. The van der Waals surface area contributed by atoms with Crippen molar-refractivity contribution in [2.24, 2.45) is 0 Å². The smallest absolute Gasteiger partial charge is 0.344 e. The molecule has 0 amide bonds. The van der Waals surface area contributed by atoms with Gasteiger partial charge in [0.15, 0.2) is 11.5 Å². The van der Waals surface area contributed by atoms with E-state index in [9.17, 15) is 4.79 Å². The average molecular weight is 368 g/mol. The predicted molar refractivity (Wildman–Crippen MR) is 107 cm³/mol.